The third-order valence-corrected chi connectivity index (χ3v) is 3.06. The first kappa shape index (κ1) is 16.4. The molecule has 1 amide bonds. The summed E-state index contributed by atoms with van der Waals surface area (Å²) >= 11 is 0. The van der Waals surface area contributed by atoms with Gasteiger partial charge in [0, 0.05) is 24.2 Å². The number of rotatable bonds is 6. The van der Waals surface area contributed by atoms with Gasteiger partial charge in [-0.2, -0.15) is 0 Å². The van der Waals surface area contributed by atoms with Crippen LogP contribution in [0.5, 0.6) is 17.2 Å². The van der Waals surface area contributed by atoms with Crippen LogP contribution in [0.3, 0.4) is 0 Å². The van der Waals surface area contributed by atoms with Gasteiger partial charge in [-0.05, 0) is 35.9 Å². The fourth-order valence-electron chi connectivity index (χ4n) is 1.99. The zero-order valence-electron chi connectivity index (χ0n) is 13.2. The quantitative estimate of drug-likeness (QED) is 0.830. The minimum Gasteiger partial charge on any atom is -0.493 e. The van der Waals surface area contributed by atoms with E-state index < -0.39 is 0 Å². The van der Waals surface area contributed by atoms with Crippen molar-refractivity contribution >= 4 is 17.7 Å². The molecule has 0 aliphatic carbocycles. The van der Waals surface area contributed by atoms with Gasteiger partial charge in [0.05, 0.1) is 21.3 Å². The van der Waals surface area contributed by atoms with Crippen molar-refractivity contribution in [2.75, 3.05) is 26.6 Å². The molecule has 6 nitrogen and oxygen atoms in total. The summed E-state index contributed by atoms with van der Waals surface area (Å²) in [6, 6.07) is 6.95. The first-order chi connectivity index (χ1) is 11.2. The summed E-state index contributed by atoms with van der Waals surface area (Å²) in [7, 11) is 4.62. The van der Waals surface area contributed by atoms with E-state index in [1.54, 1.807) is 57.0 Å². The lowest BCUT2D eigenvalue weighted by Gasteiger charge is -2.12. The maximum absolute atomic E-state index is 11.9. The van der Waals surface area contributed by atoms with E-state index in [1.165, 1.54) is 13.2 Å². The number of methoxy groups -OCH3 is 3. The lowest BCUT2D eigenvalue weighted by Crippen LogP contribution is -2.07. The van der Waals surface area contributed by atoms with Crippen LogP contribution in [0.25, 0.3) is 6.08 Å². The highest BCUT2D eigenvalue weighted by Crippen LogP contribution is 2.38. The number of carbonyl (C=O) groups excluding carboxylic acids is 1. The Morgan fingerprint density at radius 2 is 1.65 bits per heavy atom. The fraction of sp³-hybridized carbons (Fsp3) is 0.176. The molecule has 0 bridgehead atoms. The van der Waals surface area contributed by atoms with Gasteiger partial charge in [-0.1, -0.05) is 0 Å². The molecule has 2 aromatic rings. The molecule has 0 aliphatic rings. The van der Waals surface area contributed by atoms with Crippen molar-refractivity contribution in [3.8, 4) is 17.2 Å². The third-order valence-electron chi connectivity index (χ3n) is 3.06. The number of nitrogens with zero attached hydrogens (tertiary/aromatic N) is 1. The number of ether oxygens (including phenoxy) is 3. The smallest absolute Gasteiger partial charge is 0.248 e. The maximum Gasteiger partial charge on any atom is 0.248 e. The summed E-state index contributed by atoms with van der Waals surface area (Å²) in [6.07, 6.45) is 6.32. The Labute approximate surface area is 134 Å². The van der Waals surface area contributed by atoms with Crippen LogP contribution in [-0.2, 0) is 4.79 Å². The summed E-state index contributed by atoms with van der Waals surface area (Å²) in [5.41, 5.74) is 1.43. The zero-order chi connectivity index (χ0) is 16.7. The number of anilines is 1. The average molecular weight is 314 g/mol. The summed E-state index contributed by atoms with van der Waals surface area (Å²) in [4.78, 5) is 15.8. The van der Waals surface area contributed by atoms with Gasteiger partial charge in [-0.3, -0.25) is 9.78 Å². The number of nitrogens with one attached hydrogen (secondary N) is 1. The Morgan fingerprint density at radius 1 is 1.04 bits per heavy atom. The number of carbonyl (C=O) groups is 1. The second-order valence-corrected chi connectivity index (χ2v) is 4.52. The van der Waals surface area contributed by atoms with Crippen LogP contribution in [0.15, 0.2) is 42.7 Å². The van der Waals surface area contributed by atoms with Crippen molar-refractivity contribution in [3.05, 3.63) is 48.3 Å². The Bertz CT molecular complexity index is 674. The number of pyridine rings is 1. The van der Waals surface area contributed by atoms with Gasteiger partial charge in [0.15, 0.2) is 11.5 Å². The molecular weight excluding hydrogens is 296 g/mol. The molecule has 1 N–H and O–H groups in total. The third kappa shape index (κ3) is 4.23. The van der Waals surface area contributed by atoms with Crippen LogP contribution in [0, 0.1) is 0 Å². The van der Waals surface area contributed by atoms with E-state index in [2.05, 4.69) is 10.3 Å². The largest absolute Gasteiger partial charge is 0.493 e. The minimum atomic E-state index is -0.245. The average Bonchev–Trinajstić information content (AvgIpc) is 2.59. The highest BCUT2D eigenvalue weighted by Gasteiger charge is 2.12. The number of benzene rings is 1. The van der Waals surface area contributed by atoms with Crippen LogP contribution in [0.4, 0.5) is 5.69 Å². The highest BCUT2D eigenvalue weighted by molar-refractivity contribution is 6.01. The molecule has 0 saturated heterocycles. The molecule has 1 aromatic heterocycles. The molecule has 0 atom stereocenters. The number of aromatic nitrogens is 1. The fourth-order valence-corrected chi connectivity index (χ4v) is 1.99. The summed E-state index contributed by atoms with van der Waals surface area (Å²) in [6.45, 7) is 0. The molecule has 23 heavy (non-hydrogen) atoms. The number of hydrogen-bond donors (Lipinski definition) is 1. The Kier molecular flexibility index (Phi) is 5.57. The van der Waals surface area contributed by atoms with E-state index in [9.17, 15) is 4.79 Å². The zero-order valence-corrected chi connectivity index (χ0v) is 13.2. The SMILES string of the molecule is COc1cc(C=CC(=O)Nc2ccncc2)cc(OC)c1OC. The molecule has 1 heterocycles. The molecule has 0 aliphatic heterocycles. The second kappa shape index (κ2) is 7.84. The molecule has 2 rings (SSSR count). The van der Waals surface area contributed by atoms with Crippen molar-refractivity contribution in [1.29, 1.82) is 0 Å². The second-order valence-electron chi connectivity index (χ2n) is 4.52. The molecule has 0 fully saturated rings. The van der Waals surface area contributed by atoms with E-state index in [0.717, 1.165) is 5.56 Å². The number of hydrogen-bond acceptors (Lipinski definition) is 5. The van der Waals surface area contributed by atoms with Gasteiger partial charge < -0.3 is 19.5 Å². The van der Waals surface area contributed by atoms with E-state index in [4.69, 9.17) is 14.2 Å². The Hall–Kier alpha value is -3.02. The van der Waals surface area contributed by atoms with Crippen molar-refractivity contribution < 1.29 is 19.0 Å². The van der Waals surface area contributed by atoms with Gasteiger partial charge in [-0.15, -0.1) is 0 Å². The van der Waals surface area contributed by atoms with Crippen LogP contribution >= 0.6 is 0 Å². The van der Waals surface area contributed by atoms with E-state index >= 15 is 0 Å². The Balaban J connectivity index is 2.17. The van der Waals surface area contributed by atoms with Gasteiger partial charge in [0.25, 0.3) is 0 Å². The first-order valence-electron chi connectivity index (χ1n) is 6.87. The van der Waals surface area contributed by atoms with Gasteiger partial charge >= 0.3 is 0 Å². The van der Waals surface area contributed by atoms with Crippen LogP contribution in [0.2, 0.25) is 0 Å². The van der Waals surface area contributed by atoms with E-state index in [0.29, 0.717) is 22.9 Å². The molecule has 0 spiro atoms. The lowest BCUT2D eigenvalue weighted by atomic mass is 10.1. The van der Waals surface area contributed by atoms with Gasteiger partial charge in [0.2, 0.25) is 11.7 Å². The van der Waals surface area contributed by atoms with Crippen molar-refractivity contribution in [2.45, 2.75) is 0 Å². The molecule has 1 aromatic carbocycles. The maximum atomic E-state index is 11.9. The normalized spacial score (nSPS) is 10.4. The van der Waals surface area contributed by atoms with Crippen molar-refractivity contribution in [3.63, 3.8) is 0 Å². The standard InChI is InChI=1S/C17H18N2O4/c1-21-14-10-12(11-15(22-2)17(14)23-3)4-5-16(20)19-13-6-8-18-9-7-13/h4-11H,1-3H3,(H,18,19,20). The van der Waals surface area contributed by atoms with Crippen LogP contribution in [-0.4, -0.2) is 32.2 Å². The molecule has 0 saturated carbocycles. The first-order valence-corrected chi connectivity index (χ1v) is 6.87. The predicted molar refractivity (Wildman–Crippen MR) is 88.0 cm³/mol. The molecule has 120 valence electrons. The minimum absolute atomic E-state index is 0.245. The van der Waals surface area contributed by atoms with E-state index in [-0.39, 0.29) is 5.91 Å². The molecule has 0 radical (unpaired) electrons. The van der Waals surface area contributed by atoms with E-state index in [1.807, 2.05) is 0 Å². The van der Waals surface area contributed by atoms with Gasteiger partial charge in [-0.25, -0.2) is 0 Å². The predicted octanol–water partition coefficient (Wildman–Crippen LogP) is 2.76. The van der Waals surface area contributed by atoms with Gasteiger partial charge in [0.1, 0.15) is 0 Å². The Morgan fingerprint density at radius 3 is 2.17 bits per heavy atom. The summed E-state index contributed by atoms with van der Waals surface area (Å²) in [5, 5.41) is 2.74. The number of amides is 1. The highest BCUT2D eigenvalue weighted by atomic mass is 16.5. The monoisotopic (exact) mass is 314 g/mol. The molecule has 6 heteroatoms. The van der Waals surface area contributed by atoms with Crippen LogP contribution < -0.4 is 19.5 Å². The molecular formula is C17H18N2O4. The summed E-state index contributed by atoms with van der Waals surface area (Å²) < 4.78 is 15.8. The van der Waals surface area contributed by atoms with Crippen molar-refractivity contribution in [2.24, 2.45) is 0 Å². The summed E-state index contributed by atoms with van der Waals surface area (Å²) in [5.74, 6) is 1.32. The van der Waals surface area contributed by atoms with Crippen LogP contribution in [0.1, 0.15) is 5.56 Å². The lowest BCUT2D eigenvalue weighted by molar-refractivity contribution is -0.111. The molecule has 0 unspecified atom stereocenters. The topological polar surface area (TPSA) is 69.7 Å². The van der Waals surface area contributed by atoms with Crippen molar-refractivity contribution in [1.82, 2.24) is 4.98 Å².